The number of aryl methyl sites for hydroxylation is 2. The fourth-order valence-electron chi connectivity index (χ4n) is 2.25. The van der Waals surface area contributed by atoms with Crippen LogP contribution in [0.2, 0.25) is 0 Å². The highest BCUT2D eigenvalue weighted by molar-refractivity contribution is 5.94. The summed E-state index contributed by atoms with van der Waals surface area (Å²) >= 11 is 0. The summed E-state index contributed by atoms with van der Waals surface area (Å²) in [4.78, 5) is 12.3. The lowest BCUT2D eigenvalue weighted by molar-refractivity contribution is 0.0939. The highest BCUT2D eigenvalue weighted by atomic mass is 16.5. The van der Waals surface area contributed by atoms with Gasteiger partial charge in [-0.3, -0.25) is 4.79 Å². The molecule has 0 aromatic heterocycles. The summed E-state index contributed by atoms with van der Waals surface area (Å²) in [6, 6.07) is 13.4. The van der Waals surface area contributed by atoms with Crippen molar-refractivity contribution in [2.24, 2.45) is 0 Å². The van der Waals surface area contributed by atoms with E-state index < -0.39 is 0 Å². The lowest BCUT2D eigenvalue weighted by Gasteiger charge is -2.18. The minimum atomic E-state index is -0.117. The quantitative estimate of drug-likeness (QED) is 0.926. The number of carbonyl (C=O) groups excluding carboxylic acids is 1. The van der Waals surface area contributed by atoms with Crippen molar-refractivity contribution < 1.29 is 9.53 Å². The molecule has 1 amide bonds. The molecule has 0 aliphatic carbocycles. The number of ether oxygens (including phenoxy) is 1. The van der Waals surface area contributed by atoms with Gasteiger partial charge in [-0.1, -0.05) is 35.4 Å². The molecule has 110 valence electrons. The first-order valence-corrected chi connectivity index (χ1v) is 7.03. The van der Waals surface area contributed by atoms with E-state index in [0.29, 0.717) is 5.56 Å². The summed E-state index contributed by atoms with van der Waals surface area (Å²) in [5.74, 6) is 0.711. The summed E-state index contributed by atoms with van der Waals surface area (Å²) in [5, 5.41) is 3.01. The summed E-state index contributed by atoms with van der Waals surface area (Å²) in [6.07, 6.45) is 0. The van der Waals surface area contributed by atoms with Gasteiger partial charge in [0.05, 0.1) is 13.2 Å². The maximum absolute atomic E-state index is 12.3. The van der Waals surface area contributed by atoms with Gasteiger partial charge in [0.2, 0.25) is 0 Å². The van der Waals surface area contributed by atoms with E-state index in [2.05, 4.69) is 5.32 Å². The molecule has 0 saturated heterocycles. The molecule has 21 heavy (non-hydrogen) atoms. The zero-order chi connectivity index (χ0) is 15.4. The Morgan fingerprint density at radius 3 is 2.29 bits per heavy atom. The van der Waals surface area contributed by atoms with Crippen LogP contribution in [0.15, 0.2) is 42.5 Å². The molecule has 1 atom stereocenters. The van der Waals surface area contributed by atoms with E-state index in [4.69, 9.17) is 4.74 Å². The van der Waals surface area contributed by atoms with E-state index in [1.165, 1.54) is 0 Å². The zero-order valence-electron chi connectivity index (χ0n) is 12.9. The van der Waals surface area contributed by atoms with Crippen LogP contribution in [-0.2, 0) is 0 Å². The Bertz CT molecular complexity index is 632. The van der Waals surface area contributed by atoms with Gasteiger partial charge in [-0.25, -0.2) is 0 Å². The van der Waals surface area contributed by atoms with Gasteiger partial charge >= 0.3 is 0 Å². The molecule has 2 aromatic carbocycles. The molecule has 0 spiro atoms. The van der Waals surface area contributed by atoms with Crippen molar-refractivity contribution in [1.29, 1.82) is 0 Å². The van der Waals surface area contributed by atoms with E-state index in [1.807, 2.05) is 63.2 Å². The van der Waals surface area contributed by atoms with E-state index >= 15 is 0 Å². The summed E-state index contributed by atoms with van der Waals surface area (Å²) in [6.45, 7) is 5.99. The molecule has 1 N–H and O–H groups in total. The minimum absolute atomic E-state index is 0.0777. The maximum Gasteiger partial charge on any atom is 0.251 e. The number of hydrogen-bond donors (Lipinski definition) is 1. The zero-order valence-corrected chi connectivity index (χ0v) is 12.9. The number of hydrogen-bond acceptors (Lipinski definition) is 2. The lowest BCUT2D eigenvalue weighted by atomic mass is 10.0. The van der Waals surface area contributed by atoms with Gasteiger partial charge < -0.3 is 10.1 Å². The fraction of sp³-hybridized carbons (Fsp3) is 0.278. The standard InChI is InChI=1S/C18H21NO2/c1-12-5-8-15(9-6-12)18(20)19-14(3)16-11-13(2)7-10-17(16)21-4/h5-11,14H,1-4H3,(H,19,20)/t14-/m1/s1. The molecule has 0 unspecified atom stereocenters. The Hall–Kier alpha value is -2.29. The third-order valence-corrected chi connectivity index (χ3v) is 3.51. The van der Waals surface area contributed by atoms with E-state index in [-0.39, 0.29) is 11.9 Å². The summed E-state index contributed by atoms with van der Waals surface area (Å²) in [7, 11) is 1.64. The van der Waals surface area contributed by atoms with Crippen LogP contribution in [0.4, 0.5) is 0 Å². The molecule has 0 saturated carbocycles. The van der Waals surface area contributed by atoms with Crippen LogP contribution in [0.1, 0.15) is 40.0 Å². The molecule has 2 rings (SSSR count). The molecule has 0 fully saturated rings. The topological polar surface area (TPSA) is 38.3 Å². The third kappa shape index (κ3) is 3.63. The van der Waals surface area contributed by atoms with Crippen molar-refractivity contribution in [3.63, 3.8) is 0 Å². The van der Waals surface area contributed by atoms with Crippen molar-refractivity contribution in [1.82, 2.24) is 5.32 Å². The normalized spacial score (nSPS) is 11.8. The van der Waals surface area contributed by atoms with Crippen LogP contribution in [0.3, 0.4) is 0 Å². The predicted molar refractivity (Wildman–Crippen MR) is 84.8 cm³/mol. The molecule has 0 bridgehead atoms. The summed E-state index contributed by atoms with van der Waals surface area (Å²) < 4.78 is 5.37. The minimum Gasteiger partial charge on any atom is -0.496 e. The molecule has 0 heterocycles. The highest BCUT2D eigenvalue weighted by Crippen LogP contribution is 2.26. The predicted octanol–water partition coefficient (Wildman–Crippen LogP) is 3.80. The average Bonchev–Trinajstić information content (AvgIpc) is 2.47. The van der Waals surface area contributed by atoms with E-state index in [1.54, 1.807) is 7.11 Å². The van der Waals surface area contributed by atoms with Crippen molar-refractivity contribution in [2.45, 2.75) is 26.8 Å². The van der Waals surface area contributed by atoms with Crippen LogP contribution in [0.5, 0.6) is 5.75 Å². The Balaban J connectivity index is 2.17. The van der Waals surface area contributed by atoms with Crippen molar-refractivity contribution >= 4 is 5.91 Å². The number of carbonyl (C=O) groups is 1. The maximum atomic E-state index is 12.3. The second-order valence-corrected chi connectivity index (χ2v) is 5.31. The number of benzene rings is 2. The summed E-state index contributed by atoms with van der Waals surface area (Å²) in [5.41, 5.74) is 3.93. The first kappa shape index (κ1) is 15.1. The van der Waals surface area contributed by atoms with Crippen LogP contribution < -0.4 is 10.1 Å². The first-order chi connectivity index (χ1) is 10.0. The second kappa shape index (κ2) is 6.44. The van der Waals surface area contributed by atoms with Crippen LogP contribution in [0, 0.1) is 13.8 Å². The molecular weight excluding hydrogens is 262 g/mol. The molecule has 0 aliphatic heterocycles. The van der Waals surface area contributed by atoms with Crippen molar-refractivity contribution in [2.75, 3.05) is 7.11 Å². The Kier molecular flexibility index (Phi) is 4.63. The average molecular weight is 283 g/mol. The third-order valence-electron chi connectivity index (χ3n) is 3.51. The van der Waals surface area contributed by atoms with Crippen molar-refractivity contribution in [3.05, 3.63) is 64.7 Å². The van der Waals surface area contributed by atoms with E-state index in [9.17, 15) is 4.79 Å². The Morgan fingerprint density at radius 2 is 1.67 bits per heavy atom. The van der Waals surface area contributed by atoms with Gasteiger partial charge in [0.25, 0.3) is 5.91 Å². The smallest absolute Gasteiger partial charge is 0.251 e. The highest BCUT2D eigenvalue weighted by Gasteiger charge is 2.15. The van der Waals surface area contributed by atoms with Gasteiger partial charge in [-0.2, -0.15) is 0 Å². The van der Waals surface area contributed by atoms with Crippen molar-refractivity contribution in [3.8, 4) is 5.75 Å². The van der Waals surface area contributed by atoms with Gasteiger partial charge in [0.1, 0.15) is 5.75 Å². The molecule has 2 aromatic rings. The van der Waals surface area contributed by atoms with Crippen LogP contribution in [-0.4, -0.2) is 13.0 Å². The van der Waals surface area contributed by atoms with Gasteiger partial charge in [0.15, 0.2) is 0 Å². The van der Waals surface area contributed by atoms with Gasteiger partial charge in [0, 0.05) is 11.1 Å². The molecular formula is C18H21NO2. The largest absolute Gasteiger partial charge is 0.496 e. The fourth-order valence-corrected chi connectivity index (χ4v) is 2.25. The van der Waals surface area contributed by atoms with Gasteiger partial charge in [-0.05, 0) is 39.0 Å². The number of methoxy groups -OCH3 is 1. The Morgan fingerprint density at radius 1 is 1.05 bits per heavy atom. The van der Waals surface area contributed by atoms with Crippen LogP contribution in [0.25, 0.3) is 0 Å². The number of nitrogens with one attached hydrogen (secondary N) is 1. The second-order valence-electron chi connectivity index (χ2n) is 5.31. The first-order valence-electron chi connectivity index (χ1n) is 7.03. The number of amides is 1. The number of rotatable bonds is 4. The molecule has 3 nitrogen and oxygen atoms in total. The van der Waals surface area contributed by atoms with E-state index in [0.717, 1.165) is 22.4 Å². The van der Waals surface area contributed by atoms with Gasteiger partial charge in [-0.15, -0.1) is 0 Å². The molecule has 0 aliphatic rings. The molecule has 3 heteroatoms. The SMILES string of the molecule is COc1ccc(C)cc1[C@@H](C)NC(=O)c1ccc(C)cc1. The van der Waals surface area contributed by atoms with Crippen LogP contribution >= 0.6 is 0 Å². The Labute approximate surface area is 126 Å². The monoisotopic (exact) mass is 283 g/mol. The lowest BCUT2D eigenvalue weighted by Crippen LogP contribution is -2.27. The molecule has 0 radical (unpaired) electrons.